The molecule has 0 unspecified atom stereocenters. The Kier molecular flexibility index (Phi) is 11.8. The number of amides is 1. The molecule has 0 spiro atoms. The van der Waals surface area contributed by atoms with Crippen LogP contribution in [0.2, 0.25) is 0 Å². The van der Waals surface area contributed by atoms with E-state index in [1.54, 1.807) is 43.3 Å². The van der Waals surface area contributed by atoms with Crippen LogP contribution in [0.5, 0.6) is 0 Å². The van der Waals surface area contributed by atoms with Gasteiger partial charge in [0.05, 0.1) is 11.9 Å². The van der Waals surface area contributed by atoms with E-state index in [1.807, 2.05) is 6.92 Å². The molecule has 0 atom stereocenters. The Bertz CT molecular complexity index is 1870. The maximum Gasteiger partial charge on any atom is 0.421 e. The summed E-state index contributed by atoms with van der Waals surface area (Å²) in [6, 6.07) is 11.0. The Hall–Kier alpha value is -3.95. The van der Waals surface area contributed by atoms with Gasteiger partial charge < -0.3 is 20.9 Å². The van der Waals surface area contributed by atoms with Crippen molar-refractivity contribution in [3.05, 3.63) is 70.4 Å². The summed E-state index contributed by atoms with van der Waals surface area (Å²) in [5, 5.41) is 9.03. The minimum atomic E-state index is -4.74. The quantitative estimate of drug-likeness (QED) is 0.188. The summed E-state index contributed by atoms with van der Waals surface area (Å²) in [5.74, 6) is 0.267. The zero-order chi connectivity index (χ0) is 37.9. The van der Waals surface area contributed by atoms with Crippen LogP contribution in [0.1, 0.15) is 78.1 Å². The second kappa shape index (κ2) is 16.2. The lowest BCUT2D eigenvalue weighted by Crippen LogP contribution is -2.52. The van der Waals surface area contributed by atoms with Gasteiger partial charge in [0.1, 0.15) is 11.4 Å². The van der Waals surface area contributed by atoms with Gasteiger partial charge in [-0.05, 0) is 98.7 Å². The molecule has 3 aromatic rings. The van der Waals surface area contributed by atoms with Crippen LogP contribution in [-0.4, -0.2) is 92.2 Å². The molecule has 2 aliphatic carbocycles. The summed E-state index contributed by atoms with van der Waals surface area (Å²) in [6.07, 6.45) is 4.41. The van der Waals surface area contributed by atoms with Gasteiger partial charge in [0.2, 0.25) is 16.0 Å². The fourth-order valence-electron chi connectivity index (χ4n) is 7.36. The van der Waals surface area contributed by atoms with Crippen molar-refractivity contribution in [2.75, 3.05) is 61.0 Å². The number of nitrogens with one attached hydrogen (secondary N) is 3. The lowest BCUT2D eigenvalue weighted by molar-refractivity contribution is -0.137. The number of carbonyl (C=O) groups excluding carboxylic acids is 1. The Morgan fingerprint density at radius 1 is 0.981 bits per heavy atom. The van der Waals surface area contributed by atoms with Crippen LogP contribution in [0.3, 0.4) is 0 Å². The van der Waals surface area contributed by atoms with Crippen molar-refractivity contribution in [2.24, 2.45) is 5.92 Å². The molecule has 288 valence electrons. The number of hydrogen-bond donors (Lipinski definition) is 3. The first-order valence-electron chi connectivity index (χ1n) is 18.6. The first-order valence-corrected chi connectivity index (χ1v) is 20.4. The molecule has 15 heteroatoms. The molecular weight excluding hydrogens is 706 g/mol. The van der Waals surface area contributed by atoms with Crippen molar-refractivity contribution in [2.45, 2.75) is 83.6 Å². The maximum atomic E-state index is 14.0. The van der Waals surface area contributed by atoms with Crippen LogP contribution >= 0.6 is 0 Å². The van der Waals surface area contributed by atoms with Gasteiger partial charge in [0.15, 0.2) is 0 Å². The number of aryl methyl sites for hydroxylation is 2. The van der Waals surface area contributed by atoms with Gasteiger partial charge in [-0.2, -0.15) is 18.2 Å². The summed E-state index contributed by atoms with van der Waals surface area (Å²) in [4.78, 5) is 26.7. The Balaban J connectivity index is 1.08. The van der Waals surface area contributed by atoms with E-state index in [2.05, 4.69) is 35.7 Å². The number of piperazine rings is 1. The van der Waals surface area contributed by atoms with Crippen molar-refractivity contribution in [3.8, 4) is 0 Å². The number of hydrogen-bond acceptors (Lipinski definition) is 9. The monoisotopic (exact) mass is 756 g/mol. The number of aromatic nitrogens is 2. The van der Waals surface area contributed by atoms with Crippen LogP contribution in [0.25, 0.3) is 0 Å². The van der Waals surface area contributed by atoms with Crippen molar-refractivity contribution in [1.29, 1.82) is 0 Å². The van der Waals surface area contributed by atoms with Crippen LogP contribution in [0.15, 0.2) is 42.6 Å². The summed E-state index contributed by atoms with van der Waals surface area (Å²) in [5.41, 5.74) is 2.43. The lowest BCUT2D eigenvalue weighted by atomic mass is 9.89. The van der Waals surface area contributed by atoms with Crippen molar-refractivity contribution >= 4 is 39.1 Å². The highest BCUT2D eigenvalue weighted by molar-refractivity contribution is 7.92. The molecule has 3 aliphatic rings. The smallest absolute Gasteiger partial charge is 0.365 e. The minimum absolute atomic E-state index is 0.0640. The molecule has 2 heterocycles. The van der Waals surface area contributed by atoms with Gasteiger partial charge in [-0.1, -0.05) is 19.1 Å². The number of rotatable bonds is 13. The molecule has 2 saturated carbocycles. The molecule has 1 aliphatic heterocycles. The largest absolute Gasteiger partial charge is 0.421 e. The third kappa shape index (κ3) is 9.98. The van der Waals surface area contributed by atoms with E-state index >= 15 is 0 Å². The zero-order valence-electron chi connectivity index (χ0n) is 31.0. The first-order chi connectivity index (χ1) is 25.2. The molecular formula is C38H51F3N8O3S. The predicted octanol–water partition coefficient (Wildman–Crippen LogP) is 6.19. The number of halogens is 3. The maximum absolute atomic E-state index is 14.0. The number of carbonyl (C=O) groups is 1. The highest BCUT2D eigenvalue weighted by Gasteiger charge is 2.36. The van der Waals surface area contributed by atoms with Crippen molar-refractivity contribution in [3.63, 3.8) is 0 Å². The van der Waals surface area contributed by atoms with Gasteiger partial charge in [-0.15, -0.1) is 0 Å². The third-order valence-electron chi connectivity index (χ3n) is 10.8. The summed E-state index contributed by atoms with van der Waals surface area (Å²) in [7, 11) is -2.23. The molecule has 11 nitrogen and oxygen atoms in total. The molecule has 1 aromatic heterocycles. The fourth-order valence-corrected chi connectivity index (χ4v) is 7.89. The fraction of sp³-hybridized carbons (Fsp3) is 0.553. The number of benzene rings is 2. The Labute approximate surface area is 310 Å². The third-order valence-corrected chi connectivity index (χ3v) is 12.0. The van der Waals surface area contributed by atoms with Gasteiger partial charge in [-0.25, -0.2) is 13.4 Å². The molecule has 1 amide bonds. The Morgan fingerprint density at radius 3 is 2.34 bits per heavy atom. The molecule has 0 bridgehead atoms. The second-order valence-corrected chi connectivity index (χ2v) is 16.8. The molecule has 6 rings (SSSR count). The van der Waals surface area contributed by atoms with Gasteiger partial charge in [0.25, 0.3) is 5.91 Å². The normalized spacial score (nSPS) is 20.2. The number of nitrogens with zero attached hydrogens (tertiary/aromatic N) is 5. The van der Waals surface area contributed by atoms with E-state index in [0.29, 0.717) is 41.2 Å². The van der Waals surface area contributed by atoms with E-state index < -0.39 is 27.6 Å². The van der Waals surface area contributed by atoms with E-state index in [1.165, 1.54) is 26.4 Å². The van der Waals surface area contributed by atoms with E-state index in [-0.39, 0.29) is 24.4 Å². The number of alkyl halides is 3. The highest BCUT2D eigenvalue weighted by atomic mass is 32.2. The standard InChI is InChI=1S/C38H51F3N8O3S/c1-5-27-21-28(36(50)44-30-11-13-31(14-12-30)49-18-16-48(17-19-49)24-26-7-8-26)10-15-33(27)45-37-43-23-32(38(39,40)41)35(46-37)42-22-29-9-6-25(2)20-34(29)47(3)53(4,51)52/h6,9-10,15,20-21,23,26,30-31H,5,7-8,11-14,16-19,22,24H2,1-4H3,(H,44,50)(H2,42,43,45,46). The zero-order valence-corrected chi connectivity index (χ0v) is 31.8. The van der Waals surface area contributed by atoms with E-state index in [9.17, 15) is 26.4 Å². The van der Waals surface area contributed by atoms with E-state index in [0.717, 1.165) is 79.5 Å². The van der Waals surface area contributed by atoms with Crippen LogP contribution in [0.4, 0.5) is 36.3 Å². The van der Waals surface area contributed by atoms with Crippen LogP contribution < -0.4 is 20.3 Å². The molecule has 0 radical (unpaired) electrons. The highest BCUT2D eigenvalue weighted by Crippen LogP contribution is 2.35. The first kappa shape index (κ1) is 38.8. The van der Waals surface area contributed by atoms with Gasteiger partial charge in [0, 0.05) is 75.8 Å². The topological polar surface area (TPSA) is 123 Å². The van der Waals surface area contributed by atoms with Gasteiger partial charge >= 0.3 is 6.18 Å². The van der Waals surface area contributed by atoms with Crippen molar-refractivity contribution < 1.29 is 26.4 Å². The summed E-state index contributed by atoms with van der Waals surface area (Å²) < 4.78 is 67.7. The minimum Gasteiger partial charge on any atom is -0.365 e. The predicted molar refractivity (Wildman–Crippen MR) is 202 cm³/mol. The lowest BCUT2D eigenvalue weighted by Gasteiger charge is -2.42. The molecule has 53 heavy (non-hydrogen) atoms. The number of sulfonamides is 1. The number of anilines is 4. The SMILES string of the molecule is CCc1cc(C(=O)NC2CCC(N3CCN(CC4CC4)CC3)CC2)ccc1Nc1ncc(C(F)(F)F)c(NCc2ccc(C)cc2N(C)S(C)(=O)=O)n1. The molecule has 1 saturated heterocycles. The van der Waals surface area contributed by atoms with Crippen LogP contribution in [0, 0.1) is 12.8 Å². The van der Waals surface area contributed by atoms with E-state index in [4.69, 9.17) is 0 Å². The summed E-state index contributed by atoms with van der Waals surface area (Å²) >= 11 is 0. The average molecular weight is 757 g/mol. The average Bonchev–Trinajstić information content (AvgIpc) is 3.95. The molecule has 3 N–H and O–H groups in total. The van der Waals surface area contributed by atoms with Crippen molar-refractivity contribution in [1.82, 2.24) is 25.1 Å². The second-order valence-electron chi connectivity index (χ2n) is 14.8. The van der Waals surface area contributed by atoms with Gasteiger partial charge in [-0.3, -0.25) is 14.0 Å². The Morgan fingerprint density at radius 2 is 1.70 bits per heavy atom. The molecule has 3 fully saturated rings. The van der Waals surface area contributed by atoms with Crippen LogP contribution in [-0.2, 0) is 29.2 Å². The summed E-state index contributed by atoms with van der Waals surface area (Å²) in [6.45, 7) is 9.43. The molecule has 2 aromatic carbocycles.